The Morgan fingerprint density at radius 3 is 2.70 bits per heavy atom. The second kappa shape index (κ2) is 8.21. The second-order valence-corrected chi connectivity index (χ2v) is 7.16. The van der Waals surface area contributed by atoms with Crippen LogP contribution in [0, 0.1) is 5.82 Å². The molecule has 0 bridgehead atoms. The number of hydrogen-bond acceptors (Lipinski definition) is 6. The van der Waals surface area contributed by atoms with Crippen molar-refractivity contribution in [3.05, 3.63) is 46.7 Å². The maximum atomic E-state index is 12.9. The third-order valence-electron chi connectivity index (χ3n) is 2.94. The first kappa shape index (κ1) is 17.6. The Morgan fingerprint density at radius 1 is 1.35 bits per heavy atom. The van der Waals surface area contributed by atoms with Crippen LogP contribution in [0.25, 0.3) is 0 Å². The summed E-state index contributed by atoms with van der Waals surface area (Å²) in [6.45, 7) is 3.87. The molecule has 0 saturated carbocycles. The molecule has 1 heterocycles. The van der Waals surface area contributed by atoms with Crippen LogP contribution in [0.3, 0.4) is 0 Å². The summed E-state index contributed by atoms with van der Waals surface area (Å²) in [5, 5.41) is 1.44. The van der Waals surface area contributed by atoms with Crippen molar-refractivity contribution in [1.29, 1.82) is 0 Å². The number of thiazole rings is 1. The van der Waals surface area contributed by atoms with Gasteiger partial charge in [0.15, 0.2) is 10.1 Å². The Hall–Kier alpha value is -1.73. The van der Waals surface area contributed by atoms with Crippen molar-refractivity contribution < 1.29 is 18.7 Å². The van der Waals surface area contributed by atoms with E-state index in [1.807, 2.05) is 0 Å². The van der Waals surface area contributed by atoms with E-state index < -0.39 is 0 Å². The highest BCUT2D eigenvalue weighted by Gasteiger charge is 2.18. The predicted molar refractivity (Wildman–Crippen MR) is 88.5 cm³/mol. The Labute approximate surface area is 142 Å². The average Bonchev–Trinajstić information content (AvgIpc) is 2.94. The van der Waals surface area contributed by atoms with Gasteiger partial charge in [-0.25, -0.2) is 9.37 Å². The van der Waals surface area contributed by atoms with E-state index in [1.165, 1.54) is 47.4 Å². The summed E-state index contributed by atoms with van der Waals surface area (Å²) < 4.78 is 18.5. The highest BCUT2D eigenvalue weighted by Crippen LogP contribution is 2.29. The van der Waals surface area contributed by atoms with Crippen molar-refractivity contribution in [3.63, 3.8) is 0 Å². The van der Waals surface area contributed by atoms with Gasteiger partial charge in [-0.2, -0.15) is 0 Å². The highest BCUT2D eigenvalue weighted by molar-refractivity contribution is 8.02. The topological polar surface area (TPSA) is 56.3 Å². The molecule has 2 rings (SSSR count). The molecule has 23 heavy (non-hydrogen) atoms. The Morgan fingerprint density at radius 2 is 2.04 bits per heavy atom. The summed E-state index contributed by atoms with van der Waals surface area (Å²) in [6, 6.07) is 5.49. The van der Waals surface area contributed by atoms with E-state index in [1.54, 1.807) is 19.2 Å². The number of esters is 1. The number of benzene rings is 1. The molecule has 0 spiro atoms. The molecule has 0 fully saturated rings. The zero-order chi connectivity index (χ0) is 16.8. The lowest BCUT2D eigenvalue weighted by Gasteiger charge is -2.08. The third kappa shape index (κ3) is 5.14. The summed E-state index contributed by atoms with van der Waals surface area (Å²) in [6.07, 6.45) is 0.130. The Kier molecular flexibility index (Phi) is 6.29. The minimum Gasteiger partial charge on any atom is -0.466 e. The van der Waals surface area contributed by atoms with E-state index in [2.05, 4.69) is 4.98 Å². The summed E-state index contributed by atoms with van der Waals surface area (Å²) in [7, 11) is 0. The fourth-order valence-corrected chi connectivity index (χ4v) is 3.90. The highest BCUT2D eigenvalue weighted by atomic mass is 32.2. The minimum atomic E-state index is -0.370. The third-order valence-corrected chi connectivity index (χ3v) is 5.06. The first-order valence-electron chi connectivity index (χ1n) is 7.06. The van der Waals surface area contributed by atoms with Crippen LogP contribution in [0.1, 0.15) is 29.9 Å². The van der Waals surface area contributed by atoms with Gasteiger partial charge < -0.3 is 4.74 Å². The van der Waals surface area contributed by atoms with Crippen molar-refractivity contribution in [2.24, 2.45) is 0 Å². The number of carbonyl (C=O) groups is 2. The molecule has 0 unspecified atom stereocenters. The number of nitrogens with zero attached hydrogens (tertiary/aromatic N) is 1. The fourth-order valence-electron chi connectivity index (χ4n) is 1.84. The van der Waals surface area contributed by atoms with E-state index >= 15 is 0 Å². The van der Waals surface area contributed by atoms with Gasteiger partial charge in [0.05, 0.1) is 24.0 Å². The molecular formula is C16H16FNO3S2. The zero-order valence-corrected chi connectivity index (χ0v) is 14.4. The first-order chi connectivity index (χ1) is 11.0. The Balaban J connectivity index is 1.96. The number of carbonyl (C=O) groups excluding carboxylic acids is 2. The van der Waals surface area contributed by atoms with E-state index in [4.69, 9.17) is 4.74 Å². The average molecular weight is 353 g/mol. The molecule has 7 heteroatoms. The van der Waals surface area contributed by atoms with Crippen LogP contribution < -0.4 is 0 Å². The lowest BCUT2D eigenvalue weighted by Crippen LogP contribution is -2.13. The maximum Gasteiger partial charge on any atom is 0.311 e. The molecule has 0 radical (unpaired) electrons. The van der Waals surface area contributed by atoms with Crippen LogP contribution >= 0.6 is 23.1 Å². The molecule has 1 aromatic carbocycles. The SMILES string of the molecule is CCOC(=O)Cc1csc(S[C@H](C)C(=O)c2ccc(F)cc2)n1. The number of ketones is 1. The van der Waals surface area contributed by atoms with E-state index in [9.17, 15) is 14.0 Å². The summed E-state index contributed by atoms with van der Waals surface area (Å²) in [5.41, 5.74) is 1.10. The lowest BCUT2D eigenvalue weighted by atomic mass is 10.1. The molecule has 2 aromatic rings. The molecule has 0 saturated heterocycles. The monoisotopic (exact) mass is 353 g/mol. The molecule has 1 atom stereocenters. The smallest absolute Gasteiger partial charge is 0.311 e. The van der Waals surface area contributed by atoms with Gasteiger partial charge in [0.1, 0.15) is 5.82 Å². The maximum absolute atomic E-state index is 12.9. The molecular weight excluding hydrogens is 337 g/mol. The predicted octanol–water partition coefficient (Wildman–Crippen LogP) is 3.75. The minimum absolute atomic E-state index is 0.0860. The van der Waals surface area contributed by atoms with Crippen LogP contribution in [0.2, 0.25) is 0 Å². The second-order valence-electron chi connectivity index (χ2n) is 4.72. The number of aromatic nitrogens is 1. The molecule has 1 aromatic heterocycles. The zero-order valence-electron chi connectivity index (χ0n) is 12.7. The van der Waals surface area contributed by atoms with Crippen LogP contribution in [-0.2, 0) is 16.0 Å². The van der Waals surface area contributed by atoms with Gasteiger partial charge in [0.2, 0.25) is 0 Å². The van der Waals surface area contributed by atoms with Crippen molar-refractivity contribution in [3.8, 4) is 0 Å². The van der Waals surface area contributed by atoms with Gasteiger partial charge in [0.25, 0.3) is 0 Å². The molecule has 0 N–H and O–H groups in total. The number of thioether (sulfide) groups is 1. The van der Waals surface area contributed by atoms with Crippen LogP contribution in [-0.4, -0.2) is 28.6 Å². The van der Waals surface area contributed by atoms with Gasteiger partial charge in [-0.1, -0.05) is 11.8 Å². The van der Waals surface area contributed by atoms with Crippen molar-refractivity contribution >= 4 is 34.9 Å². The van der Waals surface area contributed by atoms with Crippen LogP contribution in [0.15, 0.2) is 34.0 Å². The number of rotatable bonds is 7. The Bertz CT molecular complexity index is 685. The van der Waals surface area contributed by atoms with Crippen molar-refractivity contribution in [2.75, 3.05) is 6.61 Å². The standard InChI is InChI=1S/C16H16FNO3S2/c1-3-21-14(19)8-13-9-22-16(18-13)23-10(2)15(20)11-4-6-12(17)7-5-11/h4-7,9-10H,3,8H2,1-2H3/t10-/m1/s1. The summed E-state index contributed by atoms with van der Waals surface area (Å²) >= 11 is 2.71. The van der Waals surface area contributed by atoms with E-state index in [0.717, 1.165) is 0 Å². The number of halogens is 1. The number of hydrogen-bond donors (Lipinski definition) is 0. The van der Waals surface area contributed by atoms with Crippen LogP contribution in [0.4, 0.5) is 4.39 Å². The first-order valence-corrected chi connectivity index (χ1v) is 8.82. The molecule has 122 valence electrons. The summed E-state index contributed by atoms with van der Waals surface area (Å²) in [4.78, 5) is 28.0. The molecule has 0 aliphatic rings. The van der Waals surface area contributed by atoms with E-state index in [0.29, 0.717) is 22.2 Å². The normalized spacial score (nSPS) is 12.0. The number of ether oxygens (including phenoxy) is 1. The summed E-state index contributed by atoms with van der Waals surface area (Å²) in [5.74, 6) is -0.771. The fraction of sp³-hybridized carbons (Fsp3) is 0.312. The van der Waals surface area contributed by atoms with E-state index in [-0.39, 0.29) is 29.2 Å². The van der Waals surface area contributed by atoms with Gasteiger partial charge in [-0.3, -0.25) is 9.59 Å². The molecule has 0 aliphatic carbocycles. The van der Waals surface area contributed by atoms with Crippen LogP contribution in [0.5, 0.6) is 0 Å². The van der Waals surface area contributed by atoms with Gasteiger partial charge >= 0.3 is 5.97 Å². The molecule has 0 aliphatic heterocycles. The van der Waals surface area contributed by atoms with Crippen molar-refractivity contribution in [1.82, 2.24) is 4.98 Å². The van der Waals surface area contributed by atoms with Gasteiger partial charge in [-0.15, -0.1) is 11.3 Å². The largest absolute Gasteiger partial charge is 0.466 e. The van der Waals surface area contributed by atoms with Gasteiger partial charge in [-0.05, 0) is 38.1 Å². The van der Waals surface area contributed by atoms with Crippen molar-refractivity contribution in [2.45, 2.75) is 29.9 Å². The molecule has 0 amide bonds. The van der Waals surface area contributed by atoms with Gasteiger partial charge in [0, 0.05) is 10.9 Å². The lowest BCUT2D eigenvalue weighted by molar-refractivity contribution is -0.142. The quantitative estimate of drug-likeness (QED) is 0.431. The molecule has 4 nitrogen and oxygen atoms in total. The number of Topliss-reactive ketones (excluding diaryl/α,β-unsaturated/α-hetero) is 1.